The molecule has 0 radical (unpaired) electrons. The molecule has 2 aliphatic heterocycles. The topological polar surface area (TPSA) is 96.9 Å². The molecule has 0 unspecified atom stereocenters. The van der Waals surface area contributed by atoms with Crippen LogP contribution in [0.3, 0.4) is 0 Å². The number of sulfonamides is 1. The third-order valence-electron chi connectivity index (χ3n) is 6.30. The summed E-state index contributed by atoms with van der Waals surface area (Å²) in [5, 5.41) is 0. The van der Waals surface area contributed by atoms with Gasteiger partial charge in [0.2, 0.25) is 5.88 Å². The molecule has 4 rings (SSSR count). The lowest BCUT2D eigenvalue weighted by Crippen LogP contribution is -2.48. The zero-order valence-electron chi connectivity index (χ0n) is 21.0. The van der Waals surface area contributed by atoms with Gasteiger partial charge in [0, 0.05) is 50.2 Å². The van der Waals surface area contributed by atoms with Crippen molar-refractivity contribution in [3.8, 4) is 17.7 Å². The molecule has 9 nitrogen and oxygen atoms in total. The number of piperazine rings is 1. The van der Waals surface area contributed by atoms with Crippen molar-refractivity contribution in [1.82, 2.24) is 19.8 Å². The first-order chi connectivity index (χ1) is 17.4. The van der Waals surface area contributed by atoms with Crippen LogP contribution in [0.15, 0.2) is 41.7 Å². The van der Waals surface area contributed by atoms with Crippen LogP contribution >= 0.6 is 0 Å². The molecule has 2 aromatic heterocycles. The summed E-state index contributed by atoms with van der Waals surface area (Å²) in [5.41, 5.74) is 2.69. The smallest absolute Gasteiger partial charge is 0.267 e. The Morgan fingerprint density at radius 1 is 1.17 bits per heavy atom. The van der Waals surface area contributed by atoms with Crippen LogP contribution in [0, 0.1) is 11.8 Å². The van der Waals surface area contributed by atoms with Gasteiger partial charge < -0.3 is 9.47 Å². The van der Waals surface area contributed by atoms with Gasteiger partial charge in [0.15, 0.2) is 0 Å². The SMILES string of the molecule is COc1ncc(C2=CCOCC2)cc1S(=O)(=O)Nc1cncc(C#CCN2CCN(C(C)C)CC2)c1. The fourth-order valence-corrected chi connectivity index (χ4v) is 5.39. The Morgan fingerprint density at radius 2 is 1.97 bits per heavy atom. The van der Waals surface area contributed by atoms with Crippen molar-refractivity contribution in [2.45, 2.75) is 31.2 Å². The van der Waals surface area contributed by atoms with E-state index in [4.69, 9.17) is 9.47 Å². The Kier molecular flexibility index (Phi) is 8.59. The van der Waals surface area contributed by atoms with Gasteiger partial charge in [-0.3, -0.25) is 19.5 Å². The fraction of sp³-hybridized carbons (Fsp3) is 0.462. The molecule has 0 aliphatic carbocycles. The maximum Gasteiger partial charge on any atom is 0.267 e. The van der Waals surface area contributed by atoms with E-state index in [1.165, 1.54) is 13.3 Å². The average Bonchev–Trinajstić information content (AvgIpc) is 2.89. The van der Waals surface area contributed by atoms with E-state index in [1.807, 2.05) is 6.08 Å². The minimum absolute atomic E-state index is 0.0281. The van der Waals surface area contributed by atoms with Crippen LogP contribution in [0.5, 0.6) is 5.88 Å². The quantitative estimate of drug-likeness (QED) is 0.567. The lowest BCUT2D eigenvalue weighted by molar-refractivity contribution is 0.118. The number of methoxy groups -OCH3 is 1. The van der Waals surface area contributed by atoms with E-state index >= 15 is 0 Å². The highest BCUT2D eigenvalue weighted by Crippen LogP contribution is 2.29. The van der Waals surface area contributed by atoms with E-state index in [-0.39, 0.29) is 10.8 Å². The number of pyridine rings is 2. The van der Waals surface area contributed by atoms with Gasteiger partial charge in [-0.1, -0.05) is 17.9 Å². The highest BCUT2D eigenvalue weighted by Gasteiger charge is 2.23. The maximum atomic E-state index is 13.3. The number of hydrogen-bond acceptors (Lipinski definition) is 8. The van der Waals surface area contributed by atoms with E-state index in [9.17, 15) is 8.42 Å². The molecule has 1 fully saturated rings. The predicted molar refractivity (Wildman–Crippen MR) is 139 cm³/mol. The van der Waals surface area contributed by atoms with Gasteiger partial charge in [-0.05, 0) is 43.5 Å². The molecule has 1 N–H and O–H groups in total. The first-order valence-corrected chi connectivity index (χ1v) is 13.6. The number of ether oxygens (including phenoxy) is 2. The largest absolute Gasteiger partial charge is 0.480 e. The average molecular weight is 512 g/mol. The molecule has 10 heteroatoms. The molecule has 0 atom stereocenters. The summed E-state index contributed by atoms with van der Waals surface area (Å²) in [6.45, 7) is 10.3. The molecule has 36 heavy (non-hydrogen) atoms. The van der Waals surface area contributed by atoms with Crippen LogP contribution in [0.1, 0.15) is 31.4 Å². The normalized spacial score (nSPS) is 17.3. The Morgan fingerprint density at radius 3 is 2.67 bits per heavy atom. The maximum absolute atomic E-state index is 13.3. The summed E-state index contributed by atoms with van der Waals surface area (Å²) < 4.78 is 39.7. The molecule has 0 spiro atoms. The second-order valence-corrected chi connectivity index (χ2v) is 10.7. The summed E-state index contributed by atoms with van der Waals surface area (Å²) in [5.74, 6) is 6.33. The van der Waals surface area contributed by atoms with Gasteiger partial charge in [-0.2, -0.15) is 0 Å². The van der Waals surface area contributed by atoms with Crippen LogP contribution in [-0.4, -0.2) is 87.3 Å². The lowest BCUT2D eigenvalue weighted by Gasteiger charge is -2.36. The highest BCUT2D eigenvalue weighted by atomic mass is 32.2. The second-order valence-electron chi connectivity index (χ2n) is 9.06. The Bertz CT molecular complexity index is 1260. The predicted octanol–water partition coefficient (Wildman–Crippen LogP) is 2.47. The summed E-state index contributed by atoms with van der Waals surface area (Å²) in [6.07, 6.45) is 7.34. The minimum atomic E-state index is -3.98. The summed E-state index contributed by atoms with van der Waals surface area (Å²) in [7, 11) is -2.58. The van der Waals surface area contributed by atoms with Crippen molar-refractivity contribution >= 4 is 21.3 Å². The van der Waals surface area contributed by atoms with Gasteiger partial charge in [0.05, 0.1) is 38.8 Å². The van der Waals surface area contributed by atoms with Crippen molar-refractivity contribution in [1.29, 1.82) is 0 Å². The summed E-state index contributed by atoms with van der Waals surface area (Å²) in [4.78, 5) is 13.2. The zero-order chi connectivity index (χ0) is 25.5. The Hall–Kier alpha value is -2.97. The van der Waals surface area contributed by atoms with E-state index in [2.05, 4.69) is 50.2 Å². The third-order valence-corrected chi connectivity index (χ3v) is 7.67. The molecule has 4 heterocycles. The molecule has 1 saturated heterocycles. The van der Waals surface area contributed by atoms with E-state index < -0.39 is 10.0 Å². The number of nitrogens with zero attached hydrogens (tertiary/aromatic N) is 4. The van der Waals surface area contributed by atoms with Gasteiger partial charge in [0.1, 0.15) is 4.90 Å². The molecule has 0 amide bonds. The highest BCUT2D eigenvalue weighted by molar-refractivity contribution is 7.92. The number of aromatic nitrogens is 2. The van der Waals surface area contributed by atoms with E-state index in [0.29, 0.717) is 43.5 Å². The lowest BCUT2D eigenvalue weighted by atomic mass is 10.0. The standard InChI is InChI=1S/C26H33N5O4S/c1-20(2)31-11-9-30(10-12-31)8-4-5-21-15-24(19-27-17-21)29-36(32,33)25-16-23(18-28-26(25)34-3)22-6-13-35-14-7-22/h6,15-20,29H,7-14H2,1-3H3. The van der Waals surface area contributed by atoms with Crippen LogP contribution in [-0.2, 0) is 14.8 Å². The number of anilines is 1. The first-order valence-electron chi connectivity index (χ1n) is 12.1. The zero-order valence-corrected chi connectivity index (χ0v) is 21.8. The minimum Gasteiger partial charge on any atom is -0.480 e. The molecule has 0 aromatic carbocycles. The van der Waals surface area contributed by atoms with Crippen molar-refractivity contribution < 1.29 is 17.9 Å². The van der Waals surface area contributed by atoms with Gasteiger partial charge in [0.25, 0.3) is 10.0 Å². The van der Waals surface area contributed by atoms with Crippen LogP contribution in [0.4, 0.5) is 5.69 Å². The van der Waals surface area contributed by atoms with Gasteiger partial charge in [-0.15, -0.1) is 0 Å². The molecular formula is C26H33N5O4S. The number of nitrogens with one attached hydrogen (secondary N) is 1. The third kappa shape index (κ3) is 6.62. The van der Waals surface area contributed by atoms with E-state index in [1.54, 1.807) is 24.5 Å². The van der Waals surface area contributed by atoms with Crippen LogP contribution in [0.25, 0.3) is 5.57 Å². The summed E-state index contributed by atoms with van der Waals surface area (Å²) in [6, 6.07) is 3.83. The molecule has 2 aromatic rings. The van der Waals surface area contributed by atoms with Crippen molar-refractivity contribution in [2.75, 3.05) is 57.8 Å². The van der Waals surface area contributed by atoms with Crippen molar-refractivity contribution in [3.05, 3.63) is 47.9 Å². The van der Waals surface area contributed by atoms with Crippen molar-refractivity contribution in [3.63, 3.8) is 0 Å². The number of rotatable bonds is 7. The van der Waals surface area contributed by atoms with Gasteiger partial charge in [-0.25, -0.2) is 13.4 Å². The monoisotopic (exact) mass is 511 g/mol. The second kappa shape index (κ2) is 11.8. The van der Waals surface area contributed by atoms with Crippen LogP contribution in [0.2, 0.25) is 0 Å². The Balaban J connectivity index is 1.46. The molecule has 2 aliphatic rings. The molecule has 192 valence electrons. The first kappa shape index (κ1) is 26.1. The Labute approximate surface area is 213 Å². The summed E-state index contributed by atoms with van der Waals surface area (Å²) >= 11 is 0. The molecule has 0 saturated carbocycles. The van der Waals surface area contributed by atoms with E-state index in [0.717, 1.165) is 37.3 Å². The molecule has 0 bridgehead atoms. The van der Waals surface area contributed by atoms with Gasteiger partial charge >= 0.3 is 0 Å². The van der Waals surface area contributed by atoms with Crippen molar-refractivity contribution in [2.24, 2.45) is 0 Å². The number of hydrogen-bond donors (Lipinski definition) is 1. The fourth-order valence-electron chi connectivity index (χ4n) is 4.21. The molecular weight excluding hydrogens is 478 g/mol. The van der Waals surface area contributed by atoms with Crippen LogP contribution < -0.4 is 9.46 Å².